The third kappa shape index (κ3) is 8.16. The summed E-state index contributed by atoms with van der Waals surface area (Å²) < 4.78 is 112. The van der Waals surface area contributed by atoms with Crippen LogP contribution in [0.1, 0.15) is 16.7 Å². The molecule has 218 valence electrons. The molecule has 0 radical (unpaired) electrons. The van der Waals surface area contributed by atoms with Gasteiger partial charge in [-0.1, -0.05) is 18.2 Å². The van der Waals surface area contributed by atoms with Gasteiger partial charge in [0, 0.05) is 0 Å². The fourth-order valence-electron chi connectivity index (χ4n) is 3.86. The minimum Gasteiger partial charge on any atom is -0.490 e. The van der Waals surface area contributed by atoms with Gasteiger partial charge >= 0.3 is 0 Å². The van der Waals surface area contributed by atoms with E-state index in [2.05, 4.69) is 0 Å². The summed E-state index contributed by atoms with van der Waals surface area (Å²) in [5.74, 6) is -0.231. The van der Waals surface area contributed by atoms with Gasteiger partial charge in [0.1, 0.15) is 39.4 Å². The van der Waals surface area contributed by atoms with Crippen LogP contribution < -0.4 is 14.4 Å². The lowest BCUT2D eigenvalue weighted by Gasteiger charge is -2.27. The Morgan fingerprint density at radius 3 is 1.30 bits per heavy atom. The lowest BCUT2D eigenvalue weighted by atomic mass is 10.2. The molecule has 0 heterocycles. The van der Waals surface area contributed by atoms with E-state index in [9.17, 15) is 38.9 Å². The van der Waals surface area contributed by atoms with Gasteiger partial charge in [0.2, 0.25) is 0 Å². The number of aryl methyl sites for hydroxylation is 3. The summed E-state index contributed by atoms with van der Waals surface area (Å²) in [5, 5.41) is 0. The molecule has 0 saturated heterocycles. The molecule has 0 fully saturated rings. The average molecular weight is 616 g/mol. The van der Waals surface area contributed by atoms with E-state index in [1.165, 1.54) is 59.5 Å². The largest absolute Gasteiger partial charge is 0.490 e. The summed E-state index contributed by atoms with van der Waals surface area (Å²) in [4.78, 5) is 0.197. The zero-order valence-electron chi connectivity index (χ0n) is 21.8. The molecule has 12 nitrogen and oxygen atoms in total. The van der Waals surface area contributed by atoms with Gasteiger partial charge in [-0.05, 0) is 73.9 Å². The van der Waals surface area contributed by atoms with Gasteiger partial charge in [-0.3, -0.25) is 13.7 Å². The summed E-state index contributed by atoms with van der Waals surface area (Å²) in [5.41, 5.74) is 2.07. The van der Waals surface area contributed by atoms with Crippen molar-refractivity contribution in [2.45, 2.75) is 35.5 Å². The number of hydrogen-bond acceptors (Lipinski definition) is 9. The van der Waals surface area contributed by atoms with Crippen LogP contribution in [-0.2, 0) is 30.4 Å². The standard InChI is InChI=1S/C25H29NO11S3/c1-17-4-7-23(38(27,28)29)20(14-17)26(10-12-36-21-15-18(2)5-8-24(21)39(30,31)32)11-13-37-22-16-19(3)6-9-25(22)40(33,34)35/h4-9,14-16H,10-13H2,1-3H3,(H,27,28,29)(H,30,31,32)(H,33,34,35). The Bertz CT molecular complexity index is 1630. The van der Waals surface area contributed by atoms with E-state index in [1.807, 2.05) is 0 Å². The van der Waals surface area contributed by atoms with Crippen LogP contribution in [0.5, 0.6) is 11.5 Å². The number of hydrogen-bond donors (Lipinski definition) is 3. The lowest BCUT2D eigenvalue weighted by molar-refractivity contribution is 0.294. The maximum Gasteiger partial charge on any atom is 0.298 e. The maximum atomic E-state index is 12.1. The Kier molecular flexibility index (Phi) is 9.49. The van der Waals surface area contributed by atoms with E-state index < -0.39 is 45.0 Å². The molecule has 3 N–H and O–H groups in total. The zero-order chi connectivity index (χ0) is 29.9. The minimum absolute atomic E-state index is 0.0484. The van der Waals surface area contributed by atoms with Crippen LogP contribution in [0.25, 0.3) is 0 Å². The summed E-state index contributed by atoms with van der Waals surface area (Å²) >= 11 is 0. The van der Waals surface area contributed by atoms with Crippen LogP contribution in [0, 0.1) is 20.8 Å². The predicted molar refractivity (Wildman–Crippen MR) is 146 cm³/mol. The van der Waals surface area contributed by atoms with Gasteiger partial charge in [0.15, 0.2) is 0 Å². The highest BCUT2D eigenvalue weighted by Crippen LogP contribution is 2.29. The quantitative estimate of drug-likeness (QED) is 0.253. The molecule has 0 aliphatic heterocycles. The van der Waals surface area contributed by atoms with Crippen LogP contribution in [0.3, 0.4) is 0 Å². The number of nitrogens with zero attached hydrogens (tertiary/aromatic N) is 1. The molecule has 40 heavy (non-hydrogen) atoms. The number of anilines is 1. The van der Waals surface area contributed by atoms with E-state index in [4.69, 9.17) is 9.47 Å². The molecule has 3 aromatic carbocycles. The third-order valence-electron chi connectivity index (χ3n) is 5.72. The third-order valence-corrected chi connectivity index (χ3v) is 8.41. The Hall–Kier alpha value is -3.21. The molecule has 0 aromatic heterocycles. The van der Waals surface area contributed by atoms with Crippen LogP contribution >= 0.6 is 0 Å². The van der Waals surface area contributed by atoms with Crippen molar-refractivity contribution in [1.29, 1.82) is 0 Å². The van der Waals surface area contributed by atoms with E-state index in [0.717, 1.165) is 0 Å². The van der Waals surface area contributed by atoms with Crippen molar-refractivity contribution in [3.05, 3.63) is 71.3 Å². The molecule has 3 rings (SSSR count). The second-order valence-corrected chi connectivity index (χ2v) is 13.2. The normalized spacial score (nSPS) is 12.2. The Labute approximate surface area is 233 Å². The number of rotatable bonds is 12. The minimum atomic E-state index is -4.66. The van der Waals surface area contributed by atoms with Crippen molar-refractivity contribution in [3.8, 4) is 11.5 Å². The summed E-state index contributed by atoms with van der Waals surface area (Å²) in [6, 6.07) is 12.4. The fraction of sp³-hybridized carbons (Fsp3) is 0.280. The first kappa shape index (κ1) is 31.3. The van der Waals surface area contributed by atoms with Gasteiger partial charge in [-0.15, -0.1) is 0 Å². The monoisotopic (exact) mass is 615 g/mol. The highest BCUT2D eigenvalue weighted by Gasteiger charge is 2.23. The van der Waals surface area contributed by atoms with Gasteiger partial charge in [0.25, 0.3) is 30.4 Å². The lowest BCUT2D eigenvalue weighted by Crippen LogP contribution is -2.33. The van der Waals surface area contributed by atoms with Crippen molar-refractivity contribution in [3.63, 3.8) is 0 Å². The molecular weight excluding hydrogens is 586 g/mol. The van der Waals surface area contributed by atoms with Crippen LogP contribution in [0.2, 0.25) is 0 Å². The van der Waals surface area contributed by atoms with Crippen molar-refractivity contribution >= 4 is 36.0 Å². The van der Waals surface area contributed by atoms with Crippen molar-refractivity contribution < 1.29 is 48.4 Å². The molecule has 0 atom stereocenters. The topological polar surface area (TPSA) is 185 Å². The highest BCUT2D eigenvalue weighted by molar-refractivity contribution is 7.86. The van der Waals surface area contributed by atoms with Crippen LogP contribution in [0.15, 0.2) is 69.3 Å². The van der Waals surface area contributed by atoms with E-state index in [-0.39, 0.29) is 43.5 Å². The molecule has 0 aliphatic carbocycles. The molecule has 0 spiro atoms. The summed E-state index contributed by atoms with van der Waals surface area (Å²) in [6.07, 6.45) is 0. The van der Waals surface area contributed by atoms with Gasteiger partial charge in [-0.2, -0.15) is 25.3 Å². The molecular formula is C25H29NO11S3. The predicted octanol–water partition coefficient (Wildman–Crippen LogP) is 3.32. The maximum absolute atomic E-state index is 12.1. The Morgan fingerprint density at radius 1 is 0.575 bits per heavy atom. The van der Waals surface area contributed by atoms with E-state index >= 15 is 0 Å². The fourth-order valence-corrected chi connectivity index (χ4v) is 5.78. The second-order valence-electron chi connectivity index (χ2n) is 8.98. The van der Waals surface area contributed by atoms with E-state index in [0.29, 0.717) is 16.7 Å². The van der Waals surface area contributed by atoms with Gasteiger partial charge in [-0.25, -0.2) is 0 Å². The van der Waals surface area contributed by atoms with Crippen molar-refractivity contribution in [1.82, 2.24) is 0 Å². The SMILES string of the molecule is Cc1ccc(S(=O)(=O)O)c(OCCN(CCOc2cc(C)ccc2S(=O)(=O)O)c2cc(C)ccc2S(=O)(=O)O)c1. The smallest absolute Gasteiger partial charge is 0.298 e. The molecule has 0 amide bonds. The molecule has 15 heteroatoms. The number of benzene rings is 3. The molecule has 0 saturated carbocycles. The van der Waals surface area contributed by atoms with E-state index in [1.54, 1.807) is 20.8 Å². The molecule has 0 bridgehead atoms. The number of ether oxygens (including phenoxy) is 2. The molecule has 0 aliphatic rings. The first-order valence-corrected chi connectivity index (χ1v) is 16.0. The first-order chi connectivity index (χ1) is 18.5. The Morgan fingerprint density at radius 2 is 0.925 bits per heavy atom. The summed E-state index contributed by atoms with van der Waals surface area (Å²) in [6.45, 7) is 4.62. The van der Waals surface area contributed by atoms with Gasteiger partial charge in [0.05, 0.1) is 18.8 Å². The summed E-state index contributed by atoms with van der Waals surface area (Å²) in [7, 11) is -13.8. The highest BCUT2D eigenvalue weighted by atomic mass is 32.2. The van der Waals surface area contributed by atoms with Crippen molar-refractivity contribution in [2.24, 2.45) is 0 Å². The van der Waals surface area contributed by atoms with Crippen molar-refractivity contribution in [2.75, 3.05) is 31.2 Å². The van der Waals surface area contributed by atoms with Crippen LogP contribution in [-0.4, -0.2) is 65.2 Å². The molecule has 3 aromatic rings. The zero-order valence-corrected chi connectivity index (χ0v) is 24.3. The molecule has 0 unspecified atom stereocenters. The van der Waals surface area contributed by atoms with Crippen LogP contribution in [0.4, 0.5) is 5.69 Å². The first-order valence-electron chi connectivity index (χ1n) is 11.7. The Balaban J connectivity index is 1.92. The second kappa shape index (κ2) is 12.1. The average Bonchev–Trinajstić information content (AvgIpc) is 2.80. The van der Waals surface area contributed by atoms with Gasteiger partial charge < -0.3 is 14.4 Å².